The van der Waals surface area contributed by atoms with Crippen LogP contribution < -0.4 is 0 Å². The Bertz CT molecular complexity index is 394. The monoisotopic (exact) mass is 516 g/mol. The van der Waals surface area contributed by atoms with Gasteiger partial charge >= 0.3 is 17.8 Å². The van der Waals surface area contributed by atoms with Crippen LogP contribution in [0.2, 0.25) is 18.1 Å². The zero-order valence-electron chi connectivity index (χ0n) is 23.0. The van der Waals surface area contributed by atoms with Gasteiger partial charge in [0.15, 0.2) is 0 Å². The third-order valence-corrected chi connectivity index (χ3v) is 17.8. The number of rotatable bonds is 24. The third kappa shape index (κ3) is 17.6. The molecular weight excluding hydrogens is 457 g/mol. The molecule has 0 aromatic rings. The Morgan fingerprint density at radius 3 is 1.36 bits per heavy atom. The molecule has 0 radical (unpaired) electrons. The first-order valence-corrected chi connectivity index (χ1v) is 20.3. The fourth-order valence-electron chi connectivity index (χ4n) is 5.03. The summed E-state index contributed by atoms with van der Waals surface area (Å²) in [6.07, 6.45) is 29.0. The molecule has 1 rings (SSSR count). The quantitative estimate of drug-likeness (QED) is 0.0946. The maximum atomic E-state index is 6.88. The molecule has 0 N–H and O–H groups in total. The van der Waals surface area contributed by atoms with Gasteiger partial charge in [-0.1, -0.05) is 156 Å². The second-order valence-electron chi connectivity index (χ2n) is 10.5. The molecule has 1 heterocycles. The second-order valence-corrected chi connectivity index (χ2v) is 18.5. The largest absolute Gasteiger partial charge is 0.422 e. The van der Waals surface area contributed by atoms with E-state index in [4.69, 9.17) is 12.3 Å². The van der Waals surface area contributed by atoms with Crippen LogP contribution in [0.25, 0.3) is 0 Å². The summed E-state index contributed by atoms with van der Waals surface area (Å²) < 4.78 is 19.6. The summed E-state index contributed by atoms with van der Waals surface area (Å²) in [6, 6.07) is 3.72. The fourth-order valence-corrected chi connectivity index (χ4v) is 16.7. The first-order chi connectivity index (χ1) is 16.3. The lowest BCUT2D eigenvalue weighted by Crippen LogP contribution is -2.53. The van der Waals surface area contributed by atoms with Crippen molar-refractivity contribution in [3.63, 3.8) is 0 Å². The Morgan fingerprint density at radius 1 is 0.515 bits per heavy atom. The molecule has 1 unspecified atom stereocenters. The van der Waals surface area contributed by atoms with Crippen molar-refractivity contribution in [2.75, 3.05) is 0 Å². The van der Waals surface area contributed by atoms with E-state index in [1.165, 1.54) is 153 Å². The molecule has 3 nitrogen and oxygen atoms in total. The maximum absolute atomic E-state index is 6.88. The van der Waals surface area contributed by atoms with Crippen LogP contribution in [0.4, 0.5) is 0 Å². The van der Waals surface area contributed by atoms with E-state index in [1.807, 2.05) is 0 Å². The van der Waals surface area contributed by atoms with E-state index in [0.717, 1.165) is 0 Å². The highest BCUT2D eigenvalue weighted by Crippen LogP contribution is 2.30. The van der Waals surface area contributed by atoms with E-state index in [1.54, 1.807) is 0 Å². The number of unbranched alkanes of at least 4 members (excludes halogenated alkanes) is 18. The molecule has 0 spiro atoms. The van der Waals surface area contributed by atoms with Crippen molar-refractivity contribution >= 4 is 27.9 Å². The Hall–Kier alpha value is 0.531. The molecule has 1 saturated heterocycles. The van der Waals surface area contributed by atoms with Crippen molar-refractivity contribution in [3.05, 3.63) is 0 Å². The number of hydrogen-bond donors (Lipinski definition) is 0. The topological polar surface area (TPSA) is 27.7 Å². The van der Waals surface area contributed by atoms with E-state index in [0.29, 0.717) is 0 Å². The van der Waals surface area contributed by atoms with Crippen molar-refractivity contribution in [1.29, 1.82) is 0 Å². The van der Waals surface area contributed by atoms with Crippen molar-refractivity contribution in [2.45, 2.75) is 174 Å². The minimum absolute atomic E-state index is 0.797. The highest BCUT2D eigenvalue weighted by atomic mass is 28.5. The molecule has 0 aromatic carbocycles. The van der Waals surface area contributed by atoms with E-state index >= 15 is 0 Å². The van der Waals surface area contributed by atoms with Gasteiger partial charge in [-0.15, -0.1) is 0 Å². The molecule has 0 aromatic heterocycles. The van der Waals surface area contributed by atoms with Crippen LogP contribution in [0.5, 0.6) is 0 Å². The van der Waals surface area contributed by atoms with Gasteiger partial charge in [-0.3, -0.25) is 0 Å². The van der Waals surface area contributed by atoms with Crippen LogP contribution in [0.15, 0.2) is 0 Å². The zero-order chi connectivity index (χ0) is 23.9. The molecule has 0 amide bonds. The minimum atomic E-state index is -1.98. The highest BCUT2D eigenvalue weighted by Gasteiger charge is 2.42. The van der Waals surface area contributed by atoms with Gasteiger partial charge in [0.05, 0.1) is 0 Å². The van der Waals surface area contributed by atoms with Gasteiger partial charge in [0.2, 0.25) is 0 Å². The van der Waals surface area contributed by atoms with E-state index in [-0.39, 0.29) is 0 Å². The second kappa shape index (κ2) is 23.0. The van der Waals surface area contributed by atoms with E-state index in [9.17, 15) is 0 Å². The summed E-state index contributed by atoms with van der Waals surface area (Å²) in [4.78, 5) is 0. The van der Waals surface area contributed by atoms with E-state index in [2.05, 4.69) is 20.8 Å². The van der Waals surface area contributed by atoms with Crippen LogP contribution >= 0.6 is 0 Å². The smallest absolute Gasteiger partial charge is 0.320 e. The highest BCUT2D eigenvalue weighted by molar-refractivity contribution is 6.80. The molecule has 6 heteroatoms. The van der Waals surface area contributed by atoms with Crippen LogP contribution in [0, 0.1) is 0 Å². The summed E-state index contributed by atoms with van der Waals surface area (Å²) >= 11 is 0. The SMILES string of the molecule is CCCCCCCCC[SiH]1O[SiH2]O[Si](CCCCCCCCC)(CCCCCCCCC)O1. The van der Waals surface area contributed by atoms with Gasteiger partial charge in [0.1, 0.15) is 0 Å². The summed E-state index contributed by atoms with van der Waals surface area (Å²) in [7, 11) is -4.25. The Labute approximate surface area is 213 Å². The lowest BCUT2D eigenvalue weighted by Gasteiger charge is -2.39. The minimum Gasteiger partial charge on any atom is -0.422 e. The van der Waals surface area contributed by atoms with Crippen molar-refractivity contribution in [1.82, 2.24) is 0 Å². The Kier molecular flexibility index (Phi) is 22.0. The van der Waals surface area contributed by atoms with Crippen molar-refractivity contribution < 1.29 is 12.3 Å². The van der Waals surface area contributed by atoms with Crippen molar-refractivity contribution in [2.24, 2.45) is 0 Å². The molecule has 1 aliphatic heterocycles. The molecule has 1 aliphatic rings. The van der Waals surface area contributed by atoms with Crippen LogP contribution in [-0.4, -0.2) is 27.9 Å². The molecule has 198 valence electrons. The lowest BCUT2D eigenvalue weighted by atomic mass is 10.1. The van der Waals surface area contributed by atoms with Gasteiger partial charge < -0.3 is 12.3 Å². The van der Waals surface area contributed by atoms with Crippen LogP contribution in [0.3, 0.4) is 0 Å². The first kappa shape index (κ1) is 31.6. The predicted octanol–water partition coefficient (Wildman–Crippen LogP) is 8.96. The average molecular weight is 517 g/mol. The third-order valence-electron chi connectivity index (χ3n) is 7.29. The van der Waals surface area contributed by atoms with Gasteiger partial charge in [-0.2, -0.15) is 0 Å². The molecule has 33 heavy (non-hydrogen) atoms. The normalized spacial score (nSPS) is 18.8. The average Bonchev–Trinajstić information content (AvgIpc) is 2.83. The van der Waals surface area contributed by atoms with Gasteiger partial charge in [0, 0.05) is 0 Å². The molecule has 1 atom stereocenters. The first-order valence-electron chi connectivity index (χ1n) is 15.2. The standard InChI is InChI=1S/C27H60O3Si3/c1-4-7-10-13-16-19-22-25-32-28-31-29-33(30-32,26-23-20-17-14-11-8-5-2)27-24-21-18-15-12-9-6-3/h32H,4-27,31H2,1-3H3. The molecule has 0 saturated carbocycles. The Balaban J connectivity index is 2.37. The molecule has 0 aliphatic carbocycles. The predicted molar refractivity (Wildman–Crippen MR) is 153 cm³/mol. The van der Waals surface area contributed by atoms with Gasteiger partial charge in [-0.25, -0.2) is 0 Å². The molecule has 1 fully saturated rings. The van der Waals surface area contributed by atoms with Gasteiger partial charge in [-0.05, 0) is 18.1 Å². The number of hydrogen-bond acceptors (Lipinski definition) is 3. The summed E-state index contributed by atoms with van der Waals surface area (Å²) in [5.41, 5.74) is 0. The summed E-state index contributed by atoms with van der Waals surface area (Å²) in [5.74, 6) is 0. The maximum Gasteiger partial charge on any atom is 0.320 e. The Morgan fingerprint density at radius 2 is 0.909 bits per heavy atom. The van der Waals surface area contributed by atoms with E-state index < -0.39 is 27.9 Å². The lowest BCUT2D eigenvalue weighted by molar-refractivity contribution is 0.267. The summed E-state index contributed by atoms with van der Waals surface area (Å²) in [5, 5.41) is 0. The fraction of sp³-hybridized carbons (Fsp3) is 1.00. The van der Waals surface area contributed by atoms with Crippen molar-refractivity contribution in [3.8, 4) is 0 Å². The molecule has 0 bridgehead atoms. The van der Waals surface area contributed by atoms with Gasteiger partial charge in [0.25, 0.3) is 10.0 Å². The summed E-state index contributed by atoms with van der Waals surface area (Å²) in [6.45, 7) is 6.90. The zero-order valence-corrected chi connectivity index (χ0v) is 26.5. The van der Waals surface area contributed by atoms with Crippen LogP contribution in [0.1, 0.15) is 156 Å². The molecular formula is C27H60O3Si3. The van der Waals surface area contributed by atoms with Crippen LogP contribution in [-0.2, 0) is 12.3 Å².